The maximum absolute atomic E-state index is 9.25. The minimum absolute atomic E-state index is 0.275. The number of nitrogens with one attached hydrogen (secondary N) is 2. The maximum Gasteiger partial charge on any atom is 0.0549 e. The Morgan fingerprint density at radius 3 is 2.94 bits per heavy atom. The first-order chi connectivity index (χ1) is 7.83. The second kappa shape index (κ2) is 5.16. The van der Waals surface area contributed by atoms with Crippen molar-refractivity contribution in [3.8, 4) is 0 Å². The molecule has 1 fully saturated rings. The molecule has 0 saturated heterocycles. The largest absolute Gasteiger partial charge is 0.396 e. The number of anilines is 2. The fourth-order valence-electron chi connectivity index (χ4n) is 2.32. The summed E-state index contributed by atoms with van der Waals surface area (Å²) in [7, 11) is 1.88. The molecule has 1 aliphatic rings. The minimum atomic E-state index is 0.275. The van der Waals surface area contributed by atoms with Gasteiger partial charge in [-0.2, -0.15) is 0 Å². The summed E-state index contributed by atoms with van der Waals surface area (Å²) in [4.78, 5) is 4.16. The first-order valence-electron chi connectivity index (χ1n) is 5.83. The highest BCUT2D eigenvalue weighted by atomic mass is 16.3. The van der Waals surface area contributed by atoms with E-state index in [1.165, 1.54) is 6.42 Å². The van der Waals surface area contributed by atoms with Crippen molar-refractivity contribution >= 4 is 11.4 Å². The van der Waals surface area contributed by atoms with Crippen molar-refractivity contribution < 1.29 is 5.11 Å². The van der Waals surface area contributed by atoms with Crippen LogP contribution in [0.5, 0.6) is 0 Å². The van der Waals surface area contributed by atoms with E-state index in [2.05, 4.69) is 15.6 Å². The molecule has 1 aromatic heterocycles. The minimum Gasteiger partial charge on any atom is -0.396 e. The van der Waals surface area contributed by atoms with Gasteiger partial charge in [0.25, 0.3) is 0 Å². The van der Waals surface area contributed by atoms with Crippen LogP contribution in [0.2, 0.25) is 0 Å². The molecule has 0 radical (unpaired) electrons. The van der Waals surface area contributed by atoms with E-state index in [0.29, 0.717) is 12.0 Å². The molecule has 1 aliphatic carbocycles. The molecule has 2 atom stereocenters. The first-order valence-corrected chi connectivity index (χ1v) is 5.83. The fourth-order valence-corrected chi connectivity index (χ4v) is 2.32. The number of hydrogen-bond donors (Lipinski definition) is 3. The third-order valence-corrected chi connectivity index (χ3v) is 3.27. The lowest BCUT2D eigenvalue weighted by Crippen LogP contribution is -2.26. The van der Waals surface area contributed by atoms with Crippen LogP contribution in [0.4, 0.5) is 11.4 Å². The molecule has 88 valence electrons. The van der Waals surface area contributed by atoms with Gasteiger partial charge in [-0.1, -0.05) is 6.42 Å². The molecule has 2 rings (SSSR count). The molecule has 16 heavy (non-hydrogen) atoms. The van der Waals surface area contributed by atoms with Gasteiger partial charge >= 0.3 is 0 Å². The second-order valence-corrected chi connectivity index (χ2v) is 4.34. The van der Waals surface area contributed by atoms with Gasteiger partial charge in [0.05, 0.1) is 23.8 Å². The van der Waals surface area contributed by atoms with Crippen molar-refractivity contribution in [1.82, 2.24) is 4.98 Å². The highest BCUT2D eigenvalue weighted by Gasteiger charge is 2.26. The number of aromatic nitrogens is 1. The quantitative estimate of drug-likeness (QED) is 0.724. The van der Waals surface area contributed by atoms with Gasteiger partial charge in [-0.15, -0.1) is 0 Å². The topological polar surface area (TPSA) is 57.2 Å². The van der Waals surface area contributed by atoms with Crippen LogP contribution in [0, 0.1) is 5.92 Å². The van der Waals surface area contributed by atoms with Crippen molar-refractivity contribution in [3.63, 3.8) is 0 Å². The summed E-state index contributed by atoms with van der Waals surface area (Å²) in [6.07, 6.45) is 7.07. The average Bonchev–Trinajstić information content (AvgIpc) is 2.76. The van der Waals surface area contributed by atoms with Crippen LogP contribution in [0.3, 0.4) is 0 Å². The molecule has 2 unspecified atom stereocenters. The standard InChI is InChI=1S/C12H19N3O/c1-13-10-5-11(7-14-6-10)15-12-4-2-3-9(12)8-16/h5-7,9,12-13,15-16H,2-4,8H2,1H3. The van der Waals surface area contributed by atoms with E-state index < -0.39 is 0 Å². The lowest BCUT2D eigenvalue weighted by molar-refractivity contribution is 0.222. The molecule has 4 nitrogen and oxygen atoms in total. The molecule has 0 aliphatic heterocycles. The zero-order chi connectivity index (χ0) is 11.4. The smallest absolute Gasteiger partial charge is 0.0549 e. The Balaban J connectivity index is 2.02. The third-order valence-electron chi connectivity index (χ3n) is 3.27. The molecule has 3 N–H and O–H groups in total. The number of aliphatic hydroxyl groups excluding tert-OH is 1. The molecule has 0 spiro atoms. The van der Waals surface area contributed by atoms with Crippen LogP contribution in [-0.4, -0.2) is 29.8 Å². The Hall–Kier alpha value is -1.29. The molecule has 1 saturated carbocycles. The Labute approximate surface area is 96.1 Å². The number of aliphatic hydroxyl groups is 1. The van der Waals surface area contributed by atoms with E-state index in [4.69, 9.17) is 0 Å². The Kier molecular flexibility index (Phi) is 3.62. The van der Waals surface area contributed by atoms with Crippen molar-refractivity contribution in [2.24, 2.45) is 5.92 Å². The molecule has 1 aromatic rings. The molecular formula is C12H19N3O. The van der Waals surface area contributed by atoms with Gasteiger partial charge in [-0.25, -0.2) is 0 Å². The third kappa shape index (κ3) is 2.44. The van der Waals surface area contributed by atoms with Gasteiger partial charge in [-0.05, 0) is 18.9 Å². The zero-order valence-electron chi connectivity index (χ0n) is 9.61. The lowest BCUT2D eigenvalue weighted by atomic mass is 10.1. The Morgan fingerprint density at radius 2 is 2.19 bits per heavy atom. The van der Waals surface area contributed by atoms with Gasteiger partial charge < -0.3 is 15.7 Å². The molecular weight excluding hydrogens is 202 g/mol. The van der Waals surface area contributed by atoms with E-state index >= 15 is 0 Å². The van der Waals surface area contributed by atoms with Crippen molar-refractivity contribution in [1.29, 1.82) is 0 Å². The highest BCUT2D eigenvalue weighted by Crippen LogP contribution is 2.28. The van der Waals surface area contributed by atoms with Crippen LogP contribution >= 0.6 is 0 Å². The summed E-state index contributed by atoms with van der Waals surface area (Å²) in [5.41, 5.74) is 2.03. The van der Waals surface area contributed by atoms with Crippen LogP contribution in [0.1, 0.15) is 19.3 Å². The van der Waals surface area contributed by atoms with E-state index in [-0.39, 0.29) is 6.61 Å². The monoisotopic (exact) mass is 221 g/mol. The normalized spacial score (nSPS) is 24.4. The van der Waals surface area contributed by atoms with Crippen LogP contribution in [0.25, 0.3) is 0 Å². The van der Waals surface area contributed by atoms with Gasteiger partial charge in [0.15, 0.2) is 0 Å². The Morgan fingerprint density at radius 1 is 1.38 bits per heavy atom. The van der Waals surface area contributed by atoms with Crippen molar-refractivity contribution in [2.45, 2.75) is 25.3 Å². The lowest BCUT2D eigenvalue weighted by Gasteiger charge is -2.20. The summed E-state index contributed by atoms with van der Waals surface area (Å²) in [6.45, 7) is 0.275. The predicted molar refractivity (Wildman–Crippen MR) is 65.6 cm³/mol. The van der Waals surface area contributed by atoms with Gasteiger partial charge in [-0.3, -0.25) is 4.98 Å². The van der Waals surface area contributed by atoms with E-state index in [1.54, 1.807) is 6.20 Å². The summed E-state index contributed by atoms with van der Waals surface area (Å²) >= 11 is 0. The molecule has 4 heteroatoms. The SMILES string of the molecule is CNc1cncc(NC2CCCC2CO)c1. The number of nitrogens with zero attached hydrogens (tertiary/aromatic N) is 1. The number of hydrogen-bond acceptors (Lipinski definition) is 4. The van der Waals surface area contributed by atoms with Crippen LogP contribution < -0.4 is 10.6 Å². The van der Waals surface area contributed by atoms with Crippen molar-refractivity contribution in [3.05, 3.63) is 18.5 Å². The zero-order valence-corrected chi connectivity index (χ0v) is 9.61. The van der Waals surface area contributed by atoms with Crippen LogP contribution in [-0.2, 0) is 0 Å². The van der Waals surface area contributed by atoms with E-state index in [9.17, 15) is 5.11 Å². The predicted octanol–water partition coefficient (Wildman–Crippen LogP) is 1.70. The van der Waals surface area contributed by atoms with Gasteiger partial charge in [0, 0.05) is 25.6 Å². The summed E-state index contributed by atoms with van der Waals surface area (Å²) in [5, 5.41) is 15.8. The number of pyridine rings is 1. The summed E-state index contributed by atoms with van der Waals surface area (Å²) in [5.74, 6) is 0.387. The summed E-state index contributed by atoms with van der Waals surface area (Å²) < 4.78 is 0. The summed E-state index contributed by atoms with van der Waals surface area (Å²) in [6, 6.07) is 2.43. The maximum atomic E-state index is 9.25. The average molecular weight is 221 g/mol. The number of rotatable bonds is 4. The van der Waals surface area contributed by atoms with Gasteiger partial charge in [0.2, 0.25) is 0 Å². The first kappa shape index (κ1) is 11.2. The van der Waals surface area contributed by atoms with Gasteiger partial charge in [0.1, 0.15) is 0 Å². The molecule has 1 heterocycles. The molecule has 0 aromatic carbocycles. The van der Waals surface area contributed by atoms with E-state index in [1.807, 2.05) is 19.3 Å². The second-order valence-electron chi connectivity index (χ2n) is 4.34. The Bertz CT molecular complexity index is 343. The highest BCUT2D eigenvalue weighted by molar-refractivity contribution is 5.54. The van der Waals surface area contributed by atoms with E-state index in [0.717, 1.165) is 24.2 Å². The van der Waals surface area contributed by atoms with Crippen molar-refractivity contribution in [2.75, 3.05) is 24.3 Å². The fraction of sp³-hybridized carbons (Fsp3) is 0.583. The van der Waals surface area contributed by atoms with Crippen LogP contribution in [0.15, 0.2) is 18.5 Å². The molecule has 0 amide bonds. The molecule has 0 bridgehead atoms.